The van der Waals surface area contributed by atoms with E-state index < -0.39 is 11.7 Å². The highest BCUT2D eigenvalue weighted by atomic mass is 79.9. The predicted molar refractivity (Wildman–Crippen MR) is 78.9 cm³/mol. The smallest absolute Gasteiger partial charge is 0.253 e. The van der Waals surface area contributed by atoms with Crippen LogP contribution in [0.5, 0.6) is 0 Å². The Labute approximate surface area is 128 Å². The molecule has 20 heavy (non-hydrogen) atoms. The second-order valence-electron chi connectivity index (χ2n) is 4.01. The molecule has 1 heterocycles. The van der Waals surface area contributed by atoms with Crippen molar-refractivity contribution in [2.75, 3.05) is 5.73 Å². The van der Waals surface area contributed by atoms with Gasteiger partial charge in [0.1, 0.15) is 11.0 Å². The van der Waals surface area contributed by atoms with Gasteiger partial charge in [-0.1, -0.05) is 27.5 Å². The van der Waals surface area contributed by atoms with Gasteiger partial charge in [0.05, 0.1) is 17.4 Å². The van der Waals surface area contributed by atoms with Crippen LogP contribution in [0.1, 0.15) is 15.9 Å². The van der Waals surface area contributed by atoms with Gasteiger partial charge in [-0.2, -0.15) is 0 Å². The van der Waals surface area contributed by atoms with E-state index in [1.807, 2.05) is 0 Å². The Balaban J connectivity index is 2.12. The first kappa shape index (κ1) is 14.7. The van der Waals surface area contributed by atoms with Crippen molar-refractivity contribution in [2.45, 2.75) is 6.54 Å². The zero-order valence-electron chi connectivity index (χ0n) is 10.2. The molecule has 0 spiro atoms. The van der Waals surface area contributed by atoms with Crippen LogP contribution in [0, 0.1) is 5.82 Å². The Kier molecular flexibility index (Phi) is 4.57. The molecular weight excluding hydrogens is 349 g/mol. The Morgan fingerprint density at radius 3 is 2.95 bits per heavy atom. The Morgan fingerprint density at radius 2 is 2.20 bits per heavy atom. The molecule has 2 aromatic rings. The van der Waals surface area contributed by atoms with E-state index in [1.165, 1.54) is 18.3 Å². The number of halogens is 3. The molecule has 0 saturated carbocycles. The van der Waals surface area contributed by atoms with Gasteiger partial charge >= 0.3 is 0 Å². The van der Waals surface area contributed by atoms with Crippen molar-refractivity contribution < 1.29 is 9.18 Å². The number of pyridine rings is 1. The number of nitrogens with two attached hydrogens (primary N) is 1. The lowest BCUT2D eigenvalue weighted by molar-refractivity contribution is 0.0951. The molecule has 0 bridgehead atoms. The van der Waals surface area contributed by atoms with Crippen molar-refractivity contribution in [3.05, 3.63) is 57.0 Å². The molecule has 0 atom stereocenters. The van der Waals surface area contributed by atoms with Gasteiger partial charge in [-0.25, -0.2) is 9.37 Å². The van der Waals surface area contributed by atoms with Crippen LogP contribution in [0.15, 0.2) is 34.9 Å². The fraction of sp³-hybridized carbons (Fsp3) is 0.0769. The number of hydrogen-bond donors (Lipinski definition) is 2. The molecule has 0 fully saturated rings. The maximum absolute atomic E-state index is 13.5. The number of anilines is 1. The number of carbonyl (C=O) groups is 1. The number of benzene rings is 1. The Hall–Kier alpha value is -1.66. The summed E-state index contributed by atoms with van der Waals surface area (Å²) in [5, 5.41) is 2.75. The summed E-state index contributed by atoms with van der Waals surface area (Å²) in [4.78, 5) is 15.7. The van der Waals surface area contributed by atoms with Gasteiger partial charge in [0.2, 0.25) is 0 Å². The van der Waals surface area contributed by atoms with Gasteiger partial charge in [0.15, 0.2) is 0 Å². The van der Waals surface area contributed by atoms with Crippen LogP contribution < -0.4 is 11.1 Å². The van der Waals surface area contributed by atoms with Crippen LogP contribution >= 0.6 is 27.5 Å². The highest BCUT2D eigenvalue weighted by Crippen LogP contribution is 2.17. The summed E-state index contributed by atoms with van der Waals surface area (Å²) < 4.78 is 14.3. The molecule has 1 aromatic carbocycles. The minimum absolute atomic E-state index is 0.0451. The Bertz CT molecular complexity index is 666. The van der Waals surface area contributed by atoms with Gasteiger partial charge < -0.3 is 11.1 Å². The molecule has 7 heteroatoms. The van der Waals surface area contributed by atoms with Crippen molar-refractivity contribution in [3.63, 3.8) is 0 Å². The SMILES string of the molecule is Nc1cnc(Cl)cc1C(=O)NCc1cc(Br)ccc1F. The van der Waals surface area contributed by atoms with Gasteiger partial charge in [-0.3, -0.25) is 4.79 Å². The van der Waals surface area contributed by atoms with Gasteiger partial charge in [-0.15, -0.1) is 0 Å². The topological polar surface area (TPSA) is 68.0 Å². The summed E-state index contributed by atoms with van der Waals surface area (Å²) in [7, 11) is 0. The summed E-state index contributed by atoms with van der Waals surface area (Å²) in [5.74, 6) is -0.833. The van der Waals surface area contributed by atoms with E-state index in [0.29, 0.717) is 5.56 Å². The maximum atomic E-state index is 13.5. The average Bonchev–Trinajstić information content (AvgIpc) is 2.42. The third-order valence-electron chi connectivity index (χ3n) is 2.59. The second kappa shape index (κ2) is 6.19. The number of amides is 1. The average molecular weight is 359 g/mol. The van der Waals surface area contributed by atoms with Gasteiger partial charge in [-0.05, 0) is 24.3 Å². The number of carbonyl (C=O) groups excluding carboxylic acids is 1. The van der Waals surface area contributed by atoms with Gasteiger partial charge in [0, 0.05) is 16.6 Å². The van der Waals surface area contributed by atoms with Gasteiger partial charge in [0.25, 0.3) is 5.91 Å². The molecule has 0 unspecified atom stereocenters. The lowest BCUT2D eigenvalue weighted by Gasteiger charge is -2.08. The van der Waals surface area contributed by atoms with Crippen LogP contribution in [-0.2, 0) is 6.54 Å². The molecule has 0 saturated heterocycles. The van der Waals surface area contributed by atoms with E-state index >= 15 is 0 Å². The molecule has 2 rings (SSSR count). The summed E-state index contributed by atoms with van der Waals surface area (Å²) in [6, 6.07) is 5.87. The minimum Gasteiger partial charge on any atom is -0.397 e. The van der Waals surface area contributed by atoms with Crippen LogP contribution in [0.4, 0.5) is 10.1 Å². The summed E-state index contributed by atoms with van der Waals surface area (Å²) >= 11 is 8.96. The standard InChI is InChI=1S/C13H10BrClFN3O/c14-8-1-2-10(16)7(3-8)5-19-13(20)9-4-12(15)18-6-11(9)17/h1-4,6H,5,17H2,(H,19,20). The van der Waals surface area contributed by atoms with Crippen LogP contribution in [0.3, 0.4) is 0 Å². The zero-order chi connectivity index (χ0) is 14.7. The molecule has 104 valence electrons. The highest BCUT2D eigenvalue weighted by Gasteiger charge is 2.12. The molecule has 4 nitrogen and oxygen atoms in total. The van der Waals surface area contributed by atoms with E-state index in [0.717, 1.165) is 4.47 Å². The third kappa shape index (κ3) is 3.46. The lowest BCUT2D eigenvalue weighted by Crippen LogP contribution is -2.24. The normalized spacial score (nSPS) is 10.3. The monoisotopic (exact) mass is 357 g/mol. The van der Waals surface area contributed by atoms with E-state index in [1.54, 1.807) is 12.1 Å². The van der Waals surface area contributed by atoms with Crippen molar-refractivity contribution in [1.82, 2.24) is 10.3 Å². The van der Waals surface area contributed by atoms with E-state index in [-0.39, 0.29) is 22.9 Å². The molecule has 1 aromatic heterocycles. The summed E-state index contributed by atoms with van der Waals surface area (Å²) in [5.41, 5.74) is 6.44. The van der Waals surface area contributed by atoms with Crippen LogP contribution in [0.2, 0.25) is 5.15 Å². The first-order valence-corrected chi connectivity index (χ1v) is 6.77. The molecule has 0 aliphatic rings. The van der Waals surface area contributed by atoms with Crippen molar-refractivity contribution >= 4 is 39.1 Å². The fourth-order valence-electron chi connectivity index (χ4n) is 1.59. The minimum atomic E-state index is -0.439. The van der Waals surface area contributed by atoms with Crippen molar-refractivity contribution in [2.24, 2.45) is 0 Å². The second-order valence-corrected chi connectivity index (χ2v) is 5.32. The van der Waals surface area contributed by atoms with Crippen molar-refractivity contribution in [3.8, 4) is 0 Å². The number of nitrogens with zero attached hydrogens (tertiary/aromatic N) is 1. The molecule has 0 radical (unpaired) electrons. The van der Waals surface area contributed by atoms with Crippen LogP contribution in [-0.4, -0.2) is 10.9 Å². The largest absolute Gasteiger partial charge is 0.397 e. The molecule has 0 aliphatic heterocycles. The maximum Gasteiger partial charge on any atom is 0.253 e. The van der Waals surface area contributed by atoms with Crippen LogP contribution in [0.25, 0.3) is 0 Å². The summed E-state index contributed by atoms with van der Waals surface area (Å²) in [6.07, 6.45) is 1.30. The van der Waals surface area contributed by atoms with E-state index in [4.69, 9.17) is 17.3 Å². The van der Waals surface area contributed by atoms with E-state index in [9.17, 15) is 9.18 Å². The Morgan fingerprint density at radius 1 is 1.45 bits per heavy atom. The molecule has 1 amide bonds. The number of rotatable bonds is 3. The van der Waals surface area contributed by atoms with E-state index in [2.05, 4.69) is 26.2 Å². The molecular formula is C13H10BrClFN3O. The third-order valence-corrected chi connectivity index (χ3v) is 3.29. The number of hydrogen-bond acceptors (Lipinski definition) is 3. The summed E-state index contributed by atoms with van der Waals surface area (Å²) in [6.45, 7) is 0.0451. The number of nitrogens with one attached hydrogen (secondary N) is 1. The number of nitrogen functional groups attached to an aromatic ring is 1. The first-order chi connectivity index (χ1) is 9.47. The number of aromatic nitrogens is 1. The lowest BCUT2D eigenvalue weighted by atomic mass is 10.2. The molecule has 0 aliphatic carbocycles. The quantitative estimate of drug-likeness (QED) is 0.828. The molecule has 3 N–H and O–H groups in total. The first-order valence-electron chi connectivity index (χ1n) is 5.60. The van der Waals surface area contributed by atoms with Crippen molar-refractivity contribution in [1.29, 1.82) is 0 Å². The zero-order valence-corrected chi connectivity index (χ0v) is 12.5. The predicted octanol–water partition coefficient (Wildman–Crippen LogP) is 3.15. The fourth-order valence-corrected chi connectivity index (χ4v) is 2.15. The highest BCUT2D eigenvalue weighted by molar-refractivity contribution is 9.10.